The first-order valence-electron chi connectivity index (χ1n) is 5.56. The van der Waals surface area contributed by atoms with E-state index in [1.807, 2.05) is 26.0 Å². The number of pyridine rings is 1. The van der Waals surface area contributed by atoms with Gasteiger partial charge in [-0.15, -0.1) is 9.24 Å². The van der Waals surface area contributed by atoms with Gasteiger partial charge in [0.1, 0.15) is 0 Å². The number of rotatable bonds is 1. The van der Waals surface area contributed by atoms with Crippen LogP contribution >= 0.6 is 9.24 Å². The molecule has 16 heavy (non-hydrogen) atoms. The van der Waals surface area contributed by atoms with Gasteiger partial charge in [-0.2, -0.15) is 0 Å². The van der Waals surface area contributed by atoms with Crippen molar-refractivity contribution in [2.75, 3.05) is 5.73 Å². The molecule has 2 nitrogen and oxygen atoms in total. The van der Waals surface area contributed by atoms with Gasteiger partial charge in [0.05, 0.1) is 5.52 Å². The van der Waals surface area contributed by atoms with E-state index in [2.05, 4.69) is 33.3 Å². The number of nitrogen functional groups attached to an aromatic ring is 1. The molecule has 0 saturated heterocycles. The highest BCUT2D eigenvalue weighted by atomic mass is 31.0. The van der Waals surface area contributed by atoms with Crippen LogP contribution in [0.2, 0.25) is 0 Å². The van der Waals surface area contributed by atoms with Gasteiger partial charge in [0, 0.05) is 22.9 Å². The highest BCUT2D eigenvalue weighted by Crippen LogP contribution is 2.22. The van der Waals surface area contributed by atoms with Crippen molar-refractivity contribution in [2.24, 2.45) is 0 Å². The van der Waals surface area contributed by atoms with Crippen LogP contribution in [0, 0.1) is 6.92 Å². The summed E-state index contributed by atoms with van der Waals surface area (Å²) < 4.78 is 0. The standard InChI is InChI=1S/C11H13N2P.C2H6/c1-7-2-3-11-9(4-7)10(12)5-8(6-14)13-11;1-2/h2-5H,6,14H2,1H3,(H2,12,13);1-2H3. The van der Waals surface area contributed by atoms with Crippen molar-refractivity contribution in [3.63, 3.8) is 0 Å². The summed E-state index contributed by atoms with van der Waals surface area (Å²) in [6.07, 6.45) is 0.841. The van der Waals surface area contributed by atoms with Gasteiger partial charge in [0.2, 0.25) is 0 Å². The Hall–Kier alpha value is -1.14. The van der Waals surface area contributed by atoms with E-state index in [1.54, 1.807) is 0 Å². The zero-order valence-corrected chi connectivity index (χ0v) is 11.3. The lowest BCUT2D eigenvalue weighted by Crippen LogP contribution is -1.93. The third-order valence-electron chi connectivity index (χ3n) is 2.26. The average Bonchev–Trinajstić information content (AvgIpc) is 2.32. The molecule has 86 valence electrons. The summed E-state index contributed by atoms with van der Waals surface area (Å²) >= 11 is 0. The lowest BCUT2D eigenvalue weighted by Gasteiger charge is -2.05. The monoisotopic (exact) mass is 234 g/mol. The zero-order valence-electron chi connectivity index (χ0n) is 10.1. The quantitative estimate of drug-likeness (QED) is 0.767. The van der Waals surface area contributed by atoms with Gasteiger partial charge in [-0.25, -0.2) is 0 Å². The molecule has 0 radical (unpaired) electrons. The molecule has 0 bridgehead atoms. The molecule has 1 heterocycles. The van der Waals surface area contributed by atoms with E-state index in [9.17, 15) is 0 Å². The van der Waals surface area contributed by atoms with Crippen molar-refractivity contribution in [1.29, 1.82) is 0 Å². The van der Waals surface area contributed by atoms with Crippen LogP contribution in [-0.2, 0) is 6.16 Å². The molecule has 0 aliphatic carbocycles. The fourth-order valence-corrected chi connectivity index (χ4v) is 1.74. The van der Waals surface area contributed by atoms with Gasteiger partial charge in [0.25, 0.3) is 0 Å². The van der Waals surface area contributed by atoms with Crippen molar-refractivity contribution in [3.8, 4) is 0 Å². The summed E-state index contributed by atoms with van der Waals surface area (Å²) in [4.78, 5) is 4.49. The van der Waals surface area contributed by atoms with Gasteiger partial charge in [0.15, 0.2) is 0 Å². The number of anilines is 1. The summed E-state index contributed by atoms with van der Waals surface area (Å²) in [7, 11) is 2.66. The number of benzene rings is 1. The van der Waals surface area contributed by atoms with Crippen LogP contribution in [0.25, 0.3) is 10.9 Å². The van der Waals surface area contributed by atoms with Crippen molar-refractivity contribution < 1.29 is 0 Å². The van der Waals surface area contributed by atoms with Gasteiger partial charge >= 0.3 is 0 Å². The summed E-state index contributed by atoms with van der Waals surface area (Å²) in [5, 5.41) is 1.05. The van der Waals surface area contributed by atoms with E-state index in [1.165, 1.54) is 5.56 Å². The molecular weight excluding hydrogens is 215 g/mol. The van der Waals surface area contributed by atoms with Gasteiger partial charge in [-0.05, 0) is 25.1 Å². The minimum absolute atomic E-state index is 0.816. The molecule has 1 unspecified atom stereocenters. The molecule has 1 atom stereocenters. The van der Waals surface area contributed by atoms with Crippen LogP contribution in [0.4, 0.5) is 5.69 Å². The summed E-state index contributed by atoms with van der Waals surface area (Å²) in [5.74, 6) is 0. The summed E-state index contributed by atoms with van der Waals surface area (Å²) in [6.45, 7) is 6.06. The Kier molecular flexibility index (Phi) is 4.70. The maximum atomic E-state index is 5.95. The predicted molar refractivity (Wildman–Crippen MR) is 75.7 cm³/mol. The van der Waals surface area contributed by atoms with Crippen molar-refractivity contribution in [1.82, 2.24) is 4.98 Å². The number of hydrogen-bond donors (Lipinski definition) is 1. The van der Waals surface area contributed by atoms with Crippen LogP contribution in [0.1, 0.15) is 25.1 Å². The van der Waals surface area contributed by atoms with Crippen molar-refractivity contribution >= 4 is 25.8 Å². The molecule has 0 aliphatic rings. The molecule has 0 fully saturated rings. The molecule has 3 heteroatoms. The largest absolute Gasteiger partial charge is 0.398 e. The zero-order chi connectivity index (χ0) is 12.1. The Morgan fingerprint density at radius 1 is 1.25 bits per heavy atom. The molecule has 1 aromatic heterocycles. The highest BCUT2D eigenvalue weighted by molar-refractivity contribution is 7.15. The molecule has 0 amide bonds. The highest BCUT2D eigenvalue weighted by Gasteiger charge is 2.01. The van der Waals surface area contributed by atoms with E-state index in [4.69, 9.17) is 5.73 Å². The second-order valence-electron chi connectivity index (χ2n) is 3.43. The van der Waals surface area contributed by atoms with Gasteiger partial charge < -0.3 is 5.73 Å². The number of hydrogen-bond acceptors (Lipinski definition) is 2. The number of nitrogens with zero attached hydrogens (tertiary/aromatic N) is 1. The van der Waals surface area contributed by atoms with Crippen LogP contribution in [0.15, 0.2) is 24.3 Å². The second-order valence-corrected chi connectivity index (χ2v) is 3.84. The molecule has 0 saturated carbocycles. The predicted octanol–water partition coefficient (Wildman–Crippen LogP) is 3.53. The van der Waals surface area contributed by atoms with Gasteiger partial charge in [-0.1, -0.05) is 25.5 Å². The second kappa shape index (κ2) is 5.81. The van der Waals surface area contributed by atoms with Crippen molar-refractivity contribution in [3.05, 3.63) is 35.5 Å². The topological polar surface area (TPSA) is 38.9 Å². The van der Waals surface area contributed by atoms with E-state index >= 15 is 0 Å². The Morgan fingerprint density at radius 2 is 1.94 bits per heavy atom. The van der Waals surface area contributed by atoms with Crippen LogP contribution in [0.3, 0.4) is 0 Å². The molecule has 0 spiro atoms. The van der Waals surface area contributed by atoms with Crippen LogP contribution in [0.5, 0.6) is 0 Å². The summed E-state index contributed by atoms with van der Waals surface area (Å²) in [5.41, 5.74) is 9.98. The fourth-order valence-electron chi connectivity index (χ4n) is 1.53. The minimum atomic E-state index is 0.816. The molecule has 1 aromatic carbocycles. The Balaban J connectivity index is 0.000000606. The van der Waals surface area contributed by atoms with E-state index in [0.717, 1.165) is 28.4 Å². The number of aromatic nitrogens is 1. The maximum absolute atomic E-state index is 5.95. The normalized spacial score (nSPS) is 9.75. The Bertz CT molecular complexity index is 481. The first kappa shape index (κ1) is 12.9. The third kappa shape index (κ3) is 2.70. The summed E-state index contributed by atoms with van der Waals surface area (Å²) in [6, 6.07) is 8.09. The third-order valence-corrected chi connectivity index (χ3v) is 2.68. The minimum Gasteiger partial charge on any atom is -0.398 e. The molecule has 2 N–H and O–H groups in total. The molecule has 2 aromatic rings. The number of aryl methyl sites for hydroxylation is 1. The van der Waals surface area contributed by atoms with Crippen molar-refractivity contribution in [2.45, 2.75) is 26.9 Å². The maximum Gasteiger partial charge on any atom is 0.0726 e. The SMILES string of the molecule is CC.Cc1ccc2nc(CP)cc(N)c2c1. The fraction of sp³-hybridized carbons (Fsp3) is 0.308. The lowest BCUT2D eigenvalue weighted by molar-refractivity contribution is 1.23. The van der Waals surface area contributed by atoms with E-state index in [0.29, 0.717) is 0 Å². The van der Waals surface area contributed by atoms with Gasteiger partial charge in [-0.3, -0.25) is 4.98 Å². The Labute approximate surface area is 99.5 Å². The van der Waals surface area contributed by atoms with Crippen LogP contribution < -0.4 is 5.73 Å². The number of fused-ring (bicyclic) bond motifs is 1. The molecular formula is C13H19N2P. The first-order chi connectivity index (χ1) is 7.70. The Morgan fingerprint density at radius 3 is 2.56 bits per heavy atom. The average molecular weight is 234 g/mol. The first-order valence-corrected chi connectivity index (χ1v) is 6.38. The van der Waals surface area contributed by atoms with E-state index in [-0.39, 0.29) is 0 Å². The lowest BCUT2D eigenvalue weighted by atomic mass is 10.1. The van der Waals surface area contributed by atoms with E-state index < -0.39 is 0 Å². The smallest absolute Gasteiger partial charge is 0.0726 e. The molecule has 0 aliphatic heterocycles. The number of nitrogens with two attached hydrogens (primary N) is 1. The molecule has 2 rings (SSSR count). The van der Waals surface area contributed by atoms with Crippen LogP contribution in [-0.4, -0.2) is 4.98 Å².